The van der Waals surface area contributed by atoms with Gasteiger partial charge in [-0.1, -0.05) is 25.9 Å². The van der Waals surface area contributed by atoms with E-state index in [4.69, 9.17) is 4.84 Å². The Balaban J connectivity index is 0.00000102. The van der Waals surface area contributed by atoms with Crippen molar-refractivity contribution in [2.45, 2.75) is 72.1 Å². The van der Waals surface area contributed by atoms with Gasteiger partial charge >= 0.3 is 0 Å². The molecule has 4 saturated carbocycles. The molecule has 4 rings (SSSR count). The molecule has 4 aliphatic rings. The average molecular weight is 378 g/mol. The molecular formula is C22H35NO4. The third kappa shape index (κ3) is 2.97. The molecule has 0 aliphatic heterocycles. The van der Waals surface area contributed by atoms with Gasteiger partial charge in [-0.3, -0.25) is 9.59 Å². The molecular weight excluding hydrogens is 342 g/mol. The first kappa shape index (κ1) is 20.5. The molecule has 0 bridgehead atoms. The highest BCUT2D eigenvalue weighted by atomic mass is 16.6. The molecule has 0 saturated heterocycles. The van der Waals surface area contributed by atoms with Crippen LogP contribution >= 0.6 is 0 Å². The minimum atomic E-state index is -0.320. The smallest absolute Gasteiger partial charge is 0.139 e. The summed E-state index contributed by atoms with van der Waals surface area (Å²) in [7, 11) is 1.54. The summed E-state index contributed by atoms with van der Waals surface area (Å²) in [6, 6.07) is 0. The van der Waals surface area contributed by atoms with E-state index >= 15 is 0 Å². The van der Waals surface area contributed by atoms with Gasteiger partial charge in [0.15, 0.2) is 0 Å². The van der Waals surface area contributed by atoms with E-state index in [2.05, 4.69) is 12.1 Å². The average Bonchev–Trinajstić information content (AvgIpc) is 2.99. The Bertz CT molecular complexity index is 630. The van der Waals surface area contributed by atoms with E-state index in [0.29, 0.717) is 36.9 Å². The maximum atomic E-state index is 13.1. The summed E-state index contributed by atoms with van der Waals surface area (Å²) in [4.78, 5) is 30.5. The van der Waals surface area contributed by atoms with Crippen LogP contribution in [0.5, 0.6) is 0 Å². The van der Waals surface area contributed by atoms with Gasteiger partial charge in [0.05, 0.1) is 5.71 Å². The van der Waals surface area contributed by atoms with Gasteiger partial charge in [0.1, 0.15) is 18.7 Å². The number of Topliss-reactive ketones (excluding diaryl/α,β-unsaturated/α-hetero) is 2. The zero-order chi connectivity index (χ0) is 19.8. The van der Waals surface area contributed by atoms with Crippen molar-refractivity contribution < 1.29 is 19.5 Å². The molecule has 1 N–H and O–H groups in total. The Hall–Kier alpha value is -1.23. The number of nitrogens with zero attached hydrogens (tertiary/aromatic N) is 1. The Labute approximate surface area is 162 Å². The largest absolute Gasteiger partial charge is 0.399 e. The van der Waals surface area contributed by atoms with Crippen molar-refractivity contribution in [2.75, 3.05) is 13.7 Å². The van der Waals surface area contributed by atoms with Gasteiger partial charge in [-0.2, -0.15) is 0 Å². The number of hydrogen-bond donors (Lipinski definition) is 1. The van der Waals surface area contributed by atoms with Crippen LogP contribution in [0.3, 0.4) is 0 Å². The number of hydrogen-bond acceptors (Lipinski definition) is 5. The van der Waals surface area contributed by atoms with E-state index in [1.807, 2.05) is 13.8 Å². The third-order valence-electron chi connectivity index (χ3n) is 8.24. The molecule has 0 radical (unpaired) electrons. The number of carbonyl (C=O) groups excluding carboxylic acids is 2. The lowest BCUT2D eigenvalue weighted by Crippen LogP contribution is -2.59. The first-order valence-electron chi connectivity index (χ1n) is 10.7. The SMILES string of the molecule is CC.CO/N=C1/CC[C@]2(CO)C3CCC4(C)C(=O)CCC4C3CC(=O)[C@H]2C1. The Morgan fingerprint density at radius 3 is 2.52 bits per heavy atom. The van der Waals surface area contributed by atoms with E-state index in [-0.39, 0.29) is 35.1 Å². The number of aliphatic hydroxyl groups is 1. The van der Waals surface area contributed by atoms with Gasteiger partial charge in [0, 0.05) is 36.2 Å². The zero-order valence-corrected chi connectivity index (χ0v) is 17.3. The maximum absolute atomic E-state index is 13.1. The van der Waals surface area contributed by atoms with Crippen LogP contribution in [0.25, 0.3) is 0 Å². The molecule has 0 heterocycles. The van der Waals surface area contributed by atoms with E-state index < -0.39 is 0 Å². The molecule has 6 atom stereocenters. The van der Waals surface area contributed by atoms with Crippen LogP contribution in [0.4, 0.5) is 0 Å². The molecule has 0 aromatic heterocycles. The number of rotatable bonds is 2. The highest BCUT2D eigenvalue weighted by Crippen LogP contribution is 2.64. The standard InChI is InChI=1S/C20H29NO4.C2H6/c1-19-7-6-15-13(14(19)3-4-18(19)24)10-17(23)16-9-12(21-25-2)5-8-20(15,16)11-22;1-2/h13-16,22H,3-11H2,1-2H3;1-2H3/b21-12-;/t13?,14?,15?,16-,19?,20+;/m1./s1. The van der Waals surface area contributed by atoms with Crippen molar-refractivity contribution in [1.29, 1.82) is 0 Å². The molecule has 27 heavy (non-hydrogen) atoms. The van der Waals surface area contributed by atoms with Gasteiger partial charge in [0.2, 0.25) is 0 Å². The van der Waals surface area contributed by atoms with Crippen LogP contribution < -0.4 is 0 Å². The number of ketones is 2. The molecule has 5 nitrogen and oxygen atoms in total. The van der Waals surface area contributed by atoms with Crippen LogP contribution in [0.15, 0.2) is 5.16 Å². The van der Waals surface area contributed by atoms with E-state index in [1.54, 1.807) is 7.11 Å². The molecule has 0 aromatic carbocycles. The van der Waals surface area contributed by atoms with Crippen molar-refractivity contribution in [3.63, 3.8) is 0 Å². The second-order valence-electron chi connectivity index (χ2n) is 8.95. The fraction of sp³-hybridized carbons (Fsp3) is 0.864. The molecule has 0 spiro atoms. The number of fused-ring (bicyclic) bond motifs is 5. The summed E-state index contributed by atoms with van der Waals surface area (Å²) < 4.78 is 0. The molecule has 0 amide bonds. The Kier molecular flexibility index (Phi) is 5.81. The predicted octanol–water partition coefficient (Wildman–Crippen LogP) is 3.78. The molecule has 4 fully saturated rings. The quantitative estimate of drug-likeness (QED) is 0.743. The number of aliphatic hydroxyl groups excluding tert-OH is 1. The highest BCUT2D eigenvalue weighted by Gasteiger charge is 2.63. The fourth-order valence-electron chi connectivity index (χ4n) is 6.92. The lowest BCUT2D eigenvalue weighted by molar-refractivity contribution is -0.160. The summed E-state index contributed by atoms with van der Waals surface area (Å²) in [6.07, 6.45) is 6.26. The Morgan fingerprint density at radius 2 is 1.85 bits per heavy atom. The van der Waals surface area contributed by atoms with Crippen LogP contribution in [0, 0.1) is 34.5 Å². The summed E-state index contributed by atoms with van der Waals surface area (Å²) in [5, 5.41) is 14.5. The van der Waals surface area contributed by atoms with Gasteiger partial charge < -0.3 is 9.94 Å². The first-order chi connectivity index (χ1) is 13.0. The van der Waals surface area contributed by atoms with Crippen LogP contribution in [-0.4, -0.2) is 36.1 Å². The van der Waals surface area contributed by atoms with Crippen LogP contribution in [0.2, 0.25) is 0 Å². The van der Waals surface area contributed by atoms with Crippen molar-refractivity contribution >= 4 is 17.3 Å². The minimum Gasteiger partial charge on any atom is -0.399 e. The third-order valence-corrected chi connectivity index (χ3v) is 8.24. The topological polar surface area (TPSA) is 76.0 Å². The van der Waals surface area contributed by atoms with Gasteiger partial charge in [-0.05, 0) is 56.3 Å². The van der Waals surface area contributed by atoms with E-state index in [0.717, 1.165) is 37.8 Å². The van der Waals surface area contributed by atoms with Crippen molar-refractivity contribution in [3.8, 4) is 0 Å². The monoisotopic (exact) mass is 377 g/mol. The lowest BCUT2D eigenvalue weighted by atomic mass is 9.44. The summed E-state index contributed by atoms with van der Waals surface area (Å²) in [6.45, 7) is 6.19. The fourth-order valence-corrected chi connectivity index (χ4v) is 6.92. The van der Waals surface area contributed by atoms with Gasteiger partial charge in [-0.25, -0.2) is 0 Å². The molecule has 4 unspecified atom stereocenters. The second-order valence-corrected chi connectivity index (χ2v) is 8.95. The highest BCUT2D eigenvalue weighted by molar-refractivity contribution is 5.93. The normalized spacial score (nSPS) is 44.7. The van der Waals surface area contributed by atoms with Crippen molar-refractivity contribution in [3.05, 3.63) is 0 Å². The Morgan fingerprint density at radius 1 is 1.11 bits per heavy atom. The first-order valence-corrected chi connectivity index (χ1v) is 10.7. The second kappa shape index (κ2) is 7.65. The number of carbonyl (C=O) groups is 2. The molecule has 152 valence electrons. The summed E-state index contributed by atoms with van der Waals surface area (Å²) >= 11 is 0. The lowest BCUT2D eigenvalue weighted by Gasteiger charge is -2.59. The van der Waals surface area contributed by atoms with E-state index in [1.165, 1.54) is 0 Å². The summed E-state index contributed by atoms with van der Waals surface area (Å²) in [5.41, 5.74) is 0.391. The molecule has 5 heteroatoms. The maximum Gasteiger partial charge on any atom is 0.139 e. The van der Waals surface area contributed by atoms with E-state index in [9.17, 15) is 14.7 Å². The van der Waals surface area contributed by atoms with Crippen molar-refractivity contribution in [2.24, 2.45) is 39.7 Å². The summed E-state index contributed by atoms with van der Waals surface area (Å²) in [5.74, 6) is 1.46. The van der Waals surface area contributed by atoms with Crippen LogP contribution in [0.1, 0.15) is 72.1 Å². The van der Waals surface area contributed by atoms with Crippen LogP contribution in [-0.2, 0) is 14.4 Å². The number of oxime groups is 1. The molecule has 0 aromatic rings. The van der Waals surface area contributed by atoms with Gasteiger partial charge in [0.25, 0.3) is 0 Å². The minimum absolute atomic E-state index is 0.0716. The van der Waals surface area contributed by atoms with Crippen molar-refractivity contribution in [1.82, 2.24) is 0 Å². The van der Waals surface area contributed by atoms with Gasteiger partial charge in [-0.15, -0.1) is 0 Å². The predicted molar refractivity (Wildman–Crippen MR) is 104 cm³/mol. The molecule has 4 aliphatic carbocycles. The zero-order valence-electron chi connectivity index (χ0n) is 17.3.